The topological polar surface area (TPSA) is 211 Å². The van der Waals surface area contributed by atoms with Gasteiger partial charge in [0.2, 0.25) is 11.8 Å². The highest BCUT2D eigenvalue weighted by molar-refractivity contribution is 6.35. The summed E-state index contributed by atoms with van der Waals surface area (Å²) in [5, 5.41) is 34.6. The van der Waals surface area contributed by atoms with Gasteiger partial charge in [0.1, 0.15) is 54.0 Å². The Hall–Kier alpha value is -7.65. The first-order valence-corrected chi connectivity index (χ1v) is 26.5. The molecule has 3 aliphatic rings. The van der Waals surface area contributed by atoms with E-state index in [4.69, 9.17) is 35.8 Å². The summed E-state index contributed by atoms with van der Waals surface area (Å²) in [7, 11) is 1.61. The van der Waals surface area contributed by atoms with Gasteiger partial charge in [0, 0.05) is 78.1 Å². The minimum atomic E-state index is -0.773. The van der Waals surface area contributed by atoms with Crippen molar-refractivity contribution in [2.45, 2.75) is 89.9 Å². The number of aromatic amines is 1. The summed E-state index contributed by atoms with van der Waals surface area (Å²) in [6.07, 6.45) is 7.83. The number of aliphatic hydroxyl groups excluding tert-OH is 1. The van der Waals surface area contributed by atoms with Crippen molar-refractivity contribution in [1.29, 1.82) is 0 Å². The first-order valence-electron chi connectivity index (χ1n) is 26.2. The maximum absolute atomic E-state index is 15.8. The third-order valence-electron chi connectivity index (χ3n) is 15.3. The zero-order valence-electron chi connectivity index (χ0n) is 43.7. The molecule has 4 aromatic heterocycles. The SMILES string of the molecule is CO[C@@H](C)COc1nc(N2CC3CC2CN3)c2cc(Cl)c(-c3c(C)c(F)cc4[nH]ncc34)c(OCc3ccc(-c4cn(C(C(=O)N5CCCC5C(=O)NC(CO)c5ccc(-c6ccncc6F)cc5)C(C)C)nn4)cc3)c2n1. The van der Waals surface area contributed by atoms with E-state index in [1.165, 1.54) is 12.3 Å². The molecule has 4 aromatic carbocycles. The number of hydrogen-bond acceptors (Lipinski definition) is 14. The van der Waals surface area contributed by atoms with Crippen LogP contribution in [0.25, 0.3) is 55.3 Å². The molecule has 0 radical (unpaired) electrons. The number of ether oxygens (including phenoxy) is 3. The van der Waals surface area contributed by atoms with Crippen molar-refractivity contribution < 1.29 is 37.7 Å². The molecule has 5 unspecified atom stereocenters. The van der Waals surface area contributed by atoms with Crippen LogP contribution >= 0.6 is 11.6 Å². The number of carbonyl (C=O) groups excluding carboxylic acids is 2. The Labute approximate surface area is 453 Å². The Morgan fingerprint density at radius 1 is 0.962 bits per heavy atom. The monoisotopic (exact) mass is 1080 g/mol. The predicted molar refractivity (Wildman–Crippen MR) is 290 cm³/mol. The lowest BCUT2D eigenvalue weighted by atomic mass is 9.94. The molecular weight excluding hydrogens is 1020 g/mol. The van der Waals surface area contributed by atoms with Gasteiger partial charge in [0.15, 0.2) is 5.75 Å². The largest absolute Gasteiger partial charge is 0.486 e. The van der Waals surface area contributed by atoms with E-state index < -0.39 is 29.8 Å². The van der Waals surface area contributed by atoms with Crippen molar-refractivity contribution in [3.63, 3.8) is 0 Å². The minimum Gasteiger partial charge on any atom is -0.486 e. The number of carbonyl (C=O) groups is 2. The van der Waals surface area contributed by atoms with Crippen LogP contribution in [0.4, 0.5) is 14.6 Å². The van der Waals surface area contributed by atoms with Gasteiger partial charge in [-0.1, -0.05) is 79.2 Å². The lowest BCUT2D eigenvalue weighted by Gasteiger charge is -2.30. The second-order valence-electron chi connectivity index (χ2n) is 20.7. The fraction of sp³-hybridized carbons (Fsp3) is 0.368. The van der Waals surface area contributed by atoms with E-state index in [-0.39, 0.29) is 55.7 Å². The highest BCUT2D eigenvalue weighted by atomic mass is 35.5. The van der Waals surface area contributed by atoms with Crippen LogP contribution in [-0.2, 0) is 20.9 Å². The second kappa shape index (κ2) is 22.0. The predicted octanol–water partition coefficient (Wildman–Crippen LogP) is 8.31. The first-order chi connectivity index (χ1) is 37.8. The van der Waals surface area contributed by atoms with E-state index in [9.17, 15) is 19.1 Å². The summed E-state index contributed by atoms with van der Waals surface area (Å²) < 4.78 is 50.4. The van der Waals surface area contributed by atoms with Crippen molar-refractivity contribution in [3.8, 4) is 45.3 Å². The molecule has 4 N–H and O–H groups in total. The summed E-state index contributed by atoms with van der Waals surface area (Å²) >= 11 is 7.37. The molecule has 3 saturated heterocycles. The number of aromatic nitrogens is 8. The minimum absolute atomic E-state index is 0.0558. The molecule has 8 aromatic rings. The fourth-order valence-corrected chi connectivity index (χ4v) is 11.3. The van der Waals surface area contributed by atoms with Crippen LogP contribution in [0.3, 0.4) is 0 Å². The summed E-state index contributed by atoms with van der Waals surface area (Å²) in [5.74, 6) is -0.799. The van der Waals surface area contributed by atoms with Gasteiger partial charge in [0.05, 0.1) is 47.9 Å². The van der Waals surface area contributed by atoms with Gasteiger partial charge in [-0.3, -0.25) is 19.7 Å². The van der Waals surface area contributed by atoms with Crippen molar-refractivity contribution >= 4 is 51.0 Å². The molecule has 2 bridgehead atoms. The Bertz CT molecular complexity index is 3530. The van der Waals surface area contributed by atoms with Gasteiger partial charge >= 0.3 is 6.01 Å². The smallest absolute Gasteiger partial charge is 0.319 e. The fourth-order valence-electron chi connectivity index (χ4n) is 11.0. The molecule has 6 atom stereocenters. The maximum Gasteiger partial charge on any atom is 0.319 e. The molecule has 404 valence electrons. The number of halogens is 3. The number of H-pyrrole nitrogens is 1. The van der Waals surface area contributed by atoms with E-state index in [1.807, 2.05) is 51.1 Å². The van der Waals surface area contributed by atoms with E-state index in [2.05, 4.69) is 41.0 Å². The number of piperazine rings is 1. The highest BCUT2D eigenvalue weighted by Crippen LogP contribution is 2.49. The number of benzene rings is 4. The van der Waals surface area contributed by atoms with E-state index in [0.29, 0.717) is 103 Å². The maximum atomic E-state index is 15.8. The third-order valence-corrected chi connectivity index (χ3v) is 15.6. The molecule has 0 spiro atoms. The van der Waals surface area contributed by atoms with Crippen LogP contribution in [0.1, 0.15) is 68.8 Å². The standard InChI is InChI=1S/C57H59ClF2N12O6/c1-30(2)52(56(75)70-18-6-7-48(70)55(74)64-47(27-73)36-14-12-34(13-15-36)39-16-17-61-24-44(39)60)72-26-46(68-69-72)35-10-8-33(9-11-35)29-77-53-50(49-32(4)43(59)21-45-41(49)23-63-67-45)42(58)20-40-51(53)65-57(78-28-31(3)76-5)66-54(40)71-25-37-19-38(71)22-62-37/h8-17,20-21,23-24,26,30-31,37-38,47-48,52,62,73H,6-7,18-19,22,25,27-29H2,1-5H3,(H,63,67)(H,64,74)/t31-,37?,38?,47?,48?,52?/m0/s1. The van der Waals surface area contributed by atoms with Gasteiger partial charge in [-0.2, -0.15) is 15.1 Å². The summed E-state index contributed by atoms with van der Waals surface area (Å²) in [6, 6.07) is 17.7. The number of anilines is 1. The lowest BCUT2D eigenvalue weighted by molar-refractivity contribution is -0.142. The normalized spacial score (nSPS) is 18.3. The van der Waals surface area contributed by atoms with Crippen molar-refractivity contribution in [2.24, 2.45) is 5.92 Å². The van der Waals surface area contributed by atoms with Gasteiger partial charge in [-0.25, -0.2) is 13.5 Å². The summed E-state index contributed by atoms with van der Waals surface area (Å²) in [4.78, 5) is 46.1. The number of methoxy groups -OCH3 is 1. The number of likely N-dealkylation sites (tertiary alicyclic amines) is 1. The Morgan fingerprint density at radius 3 is 2.47 bits per heavy atom. The van der Waals surface area contributed by atoms with Crippen LogP contribution in [0.2, 0.25) is 5.02 Å². The number of rotatable bonds is 18. The van der Waals surface area contributed by atoms with Crippen LogP contribution in [0.15, 0.2) is 91.5 Å². The molecule has 21 heteroatoms. The average molecular weight is 1080 g/mol. The third kappa shape index (κ3) is 10.1. The number of nitrogens with one attached hydrogen (secondary N) is 3. The second-order valence-corrected chi connectivity index (χ2v) is 21.1. The zero-order chi connectivity index (χ0) is 54.4. The lowest BCUT2D eigenvalue weighted by Crippen LogP contribution is -2.50. The highest BCUT2D eigenvalue weighted by Gasteiger charge is 2.41. The molecule has 7 heterocycles. The zero-order valence-corrected chi connectivity index (χ0v) is 44.5. The van der Waals surface area contributed by atoms with Crippen LogP contribution in [0, 0.1) is 24.5 Å². The Kier molecular flexibility index (Phi) is 14.8. The number of nitrogens with zero attached hydrogens (tertiary/aromatic N) is 9. The first kappa shape index (κ1) is 52.4. The van der Waals surface area contributed by atoms with Gasteiger partial charge in [0.25, 0.3) is 0 Å². The number of amides is 2. The average Bonchev–Trinajstić information content (AvgIpc) is 4.47. The molecule has 11 rings (SSSR count). The van der Waals surface area contributed by atoms with Crippen molar-refractivity contribution in [3.05, 3.63) is 125 Å². The number of hydrogen-bond donors (Lipinski definition) is 4. The Balaban J connectivity index is 0.846. The molecule has 3 fully saturated rings. The number of aliphatic hydroxyl groups is 1. The van der Waals surface area contributed by atoms with Gasteiger partial charge in [-0.15, -0.1) is 5.10 Å². The molecule has 3 aliphatic heterocycles. The molecule has 2 amide bonds. The van der Waals surface area contributed by atoms with E-state index in [0.717, 1.165) is 36.8 Å². The quantitative estimate of drug-likeness (QED) is 0.0637. The Morgan fingerprint density at radius 2 is 1.76 bits per heavy atom. The van der Waals surface area contributed by atoms with Gasteiger partial charge in [-0.05, 0) is 79.5 Å². The summed E-state index contributed by atoms with van der Waals surface area (Å²) in [5.41, 5.74) is 5.93. The van der Waals surface area contributed by atoms with Crippen LogP contribution in [-0.4, -0.2) is 126 Å². The molecule has 0 saturated carbocycles. The van der Waals surface area contributed by atoms with E-state index >= 15 is 4.39 Å². The molecular formula is C57H59ClF2N12O6. The molecule has 78 heavy (non-hydrogen) atoms. The molecule has 0 aliphatic carbocycles. The number of fused-ring (bicyclic) bond motifs is 4. The number of pyridine rings is 1. The van der Waals surface area contributed by atoms with Crippen LogP contribution < -0.4 is 25.0 Å². The molecule has 18 nitrogen and oxygen atoms in total. The van der Waals surface area contributed by atoms with Crippen molar-refractivity contribution in [1.82, 2.24) is 55.7 Å². The van der Waals surface area contributed by atoms with Crippen molar-refractivity contribution in [2.75, 3.05) is 44.9 Å². The van der Waals surface area contributed by atoms with E-state index in [1.54, 1.807) is 66.3 Å². The van der Waals surface area contributed by atoms with Gasteiger partial charge < -0.3 is 39.8 Å². The van der Waals surface area contributed by atoms with Crippen LogP contribution in [0.5, 0.6) is 11.8 Å². The summed E-state index contributed by atoms with van der Waals surface area (Å²) in [6.45, 7) is 9.21.